The highest BCUT2D eigenvalue weighted by atomic mass is 16.5. The number of carboxylic acid groups (broad SMARTS) is 1. The summed E-state index contributed by atoms with van der Waals surface area (Å²) in [5, 5.41) is 19.4. The molecule has 1 fully saturated rings. The lowest BCUT2D eigenvalue weighted by Crippen LogP contribution is -2.55. The second-order valence-corrected chi connectivity index (χ2v) is 14.7. The number of hydrogen-bond donors (Lipinski definition) is 2. The number of allylic oxidation sites excluding steroid dienone is 4. The zero-order valence-electron chi connectivity index (χ0n) is 24.3. The summed E-state index contributed by atoms with van der Waals surface area (Å²) in [5.41, 5.74) is 5.17. The minimum Gasteiger partial charge on any atom is -0.480 e. The molecule has 4 rings (SSSR count). The first-order valence-corrected chi connectivity index (χ1v) is 14.6. The van der Waals surface area contributed by atoms with Crippen molar-refractivity contribution in [3.63, 3.8) is 0 Å². The predicted octanol–water partition coefficient (Wildman–Crippen LogP) is 7.70. The largest absolute Gasteiger partial charge is 0.480 e. The summed E-state index contributed by atoms with van der Waals surface area (Å²) < 4.78 is 5.95. The van der Waals surface area contributed by atoms with Crippen molar-refractivity contribution in [3.8, 4) is 0 Å². The summed E-state index contributed by atoms with van der Waals surface area (Å²) in [6.07, 6.45) is 13.7. The van der Waals surface area contributed by atoms with E-state index in [1.165, 1.54) is 25.7 Å². The number of aliphatic carboxylic acids is 1. The van der Waals surface area contributed by atoms with Crippen molar-refractivity contribution >= 4 is 5.97 Å². The molecular weight excluding hydrogens is 448 g/mol. The van der Waals surface area contributed by atoms with E-state index in [2.05, 4.69) is 47.6 Å². The maximum atomic E-state index is 11.2. The molecule has 0 heterocycles. The normalized spacial score (nSPS) is 38.6. The maximum Gasteiger partial charge on any atom is 0.329 e. The van der Waals surface area contributed by atoms with E-state index >= 15 is 0 Å². The highest BCUT2D eigenvalue weighted by molar-refractivity contribution is 5.68. The molecule has 2 unspecified atom stereocenters. The van der Waals surface area contributed by atoms with Crippen molar-refractivity contribution in [2.75, 3.05) is 6.61 Å². The van der Waals surface area contributed by atoms with E-state index in [0.29, 0.717) is 11.8 Å². The van der Waals surface area contributed by atoms with Gasteiger partial charge in [-0.1, -0.05) is 70.8 Å². The third kappa shape index (κ3) is 4.42. The minimum absolute atomic E-state index is 0.0164. The molecule has 36 heavy (non-hydrogen) atoms. The first-order chi connectivity index (χ1) is 16.6. The summed E-state index contributed by atoms with van der Waals surface area (Å²) in [7, 11) is 0. The van der Waals surface area contributed by atoms with E-state index in [1.807, 2.05) is 13.8 Å². The topological polar surface area (TPSA) is 66.8 Å². The highest BCUT2D eigenvalue weighted by Gasteiger charge is 2.61. The fraction of sp³-hybridized carbons (Fsp3) is 0.844. The Hall–Kier alpha value is -1.13. The third-order valence-corrected chi connectivity index (χ3v) is 11.7. The van der Waals surface area contributed by atoms with Gasteiger partial charge in [-0.3, -0.25) is 0 Å². The van der Waals surface area contributed by atoms with Crippen LogP contribution in [0.1, 0.15) is 120 Å². The SMILES string of the molecule is C[C@H](CCCC(C)(C)O)C1=CC[C@@]2(C)C3=C(CC[C@]12C)[C@@]1(C)CCC(OCC(=O)O)C(C)(C)C1CC3. The fourth-order valence-corrected chi connectivity index (χ4v) is 9.45. The van der Waals surface area contributed by atoms with E-state index in [9.17, 15) is 15.0 Å². The van der Waals surface area contributed by atoms with E-state index in [0.717, 1.165) is 38.5 Å². The average Bonchev–Trinajstić information content (AvgIpc) is 3.03. The zero-order chi connectivity index (χ0) is 26.7. The number of aliphatic hydroxyl groups is 1. The number of carbonyl (C=O) groups is 1. The molecule has 0 aromatic carbocycles. The zero-order valence-corrected chi connectivity index (χ0v) is 24.3. The van der Waals surface area contributed by atoms with Crippen LogP contribution in [0, 0.1) is 33.5 Å². The van der Waals surface area contributed by atoms with E-state index in [1.54, 1.807) is 16.7 Å². The van der Waals surface area contributed by atoms with Crippen molar-refractivity contribution in [1.29, 1.82) is 0 Å². The average molecular weight is 501 g/mol. The molecule has 4 heteroatoms. The molecule has 0 aromatic heterocycles. The number of ether oxygens (including phenoxy) is 1. The molecule has 0 bridgehead atoms. The molecule has 0 aliphatic heterocycles. The van der Waals surface area contributed by atoms with Gasteiger partial charge in [-0.25, -0.2) is 4.79 Å². The van der Waals surface area contributed by atoms with Crippen LogP contribution in [0.2, 0.25) is 0 Å². The van der Waals surface area contributed by atoms with Crippen LogP contribution in [-0.2, 0) is 9.53 Å². The molecule has 0 saturated heterocycles. The second kappa shape index (κ2) is 9.26. The summed E-state index contributed by atoms with van der Waals surface area (Å²) in [6, 6.07) is 0. The molecule has 1 saturated carbocycles. The number of hydrogen-bond acceptors (Lipinski definition) is 3. The molecular formula is C32H52O4. The minimum atomic E-state index is -0.869. The van der Waals surface area contributed by atoms with Crippen LogP contribution in [0.25, 0.3) is 0 Å². The van der Waals surface area contributed by atoms with Gasteiger partial charge in [0.15, 0.2) is 0 Å². The van der Waals surface area contributed by atoms with Crippen molar-refractivity contribution < 1.29 is 19.7 Å². The van der Waals surface area contributed by atoms with Crippen molar-refractivity contribution in [1.82, 2.24) is 0 Å². The van der Waals surface area contributed by atoms with Crippen LogP contribution < -0.4 is 0 Å². The lowest BCUT2D eigenvalue weighted by Gasteiger charge is -2.62. The van der Waals surface area contributed by atoms with Crippen molar-refractivity contribution in [3.05, 3.63) is 22.8 Å². The fourth-order valence-electron chi connectivity index (χ4n) is 9.45. The number of fused-ring (bicyclic) bond motifs is 4. The molecule has 204 valence electrons. The molecule has 4 aliphatic rings. The van der Waals surface area contributed by atoms with E-state index < -0.39 is 11.6 Å². The molecule has 2 N–H and O–H groups in total. The Bertz CT molecular complexity index is 936. The monoisotopic (exact) mass is 500 g/mol. The van der Waals surface area contributed by atoms with Gasteiger partial charge in [0.1, 0.15) is 6.61 Å². The summed E-state index contributed by atoms with van der Waals surface area (Å²) in [6.45, 7) is 18.4. The van der Waals surface area contributed by atoms with Gasteiger partial charge in [0.2, 0.25) is 0 Å². The Morgan fingerprint density at radius 2 is 1.78 bits per heavy atom. The van der Waals surface area contributed by atoms with Gasteiger partial charge in [-0.15, -0.1) is 0 Å². The van der Waals surface area contributed by atoms with Crippen molar-refractivity contribution in [2.24, 2.45) is 33.5 Å². The predicted molar refractivity (Wildman–Crippen MR) is 146 cm³/mol. The molecule has 4 aliphatic carbocycles. The molecule has 0 spiro atoms. The summed E-state index contributed by atoms with van der Waals surface area (Å²) in [4.78, 5) is 11.2. The number of rotatable bonds is 8. The Morgan fingerprint density at radius 3 is 2.42 bits per heavy atom. The Morgan fingerprint density at radius 1 is 1.08 bits per heavy atom. The van der Waals surface area contributed by atoms with Gasteiger partial charge in [-0.2, -0.15) is 0 Å². The molecule has 0 amide bonds. The second-order valence-electron chi connectivity index (χ2n) is 14.7. The molecule has 6 atom stereocenters. The summed E-state index contributed by atoms with van der Waals surface area (Å²) in [5.74, 6) is 0.221. The number of carboxylic acids is 1. The Kier molecular flexibility index (Phi) is 7.17. The summed E-state index contributed by atoms with van der Waals surface area (Å²) >= 11 is 0. The van der Waals surface area contributed by atoms with Gasteiger partial charge < -0.3 is 14.9 Å². The molecule has 0 radical (unpaired) electrons. The van der Waals surface area contributed by atoms with E-state index in [-0.39, 0.29) is 34.4 Å². The van der Waals surface area contributed by atoms with Gasteiger partial charge in [0.25, 0.3) is 0 Å². The van der Waals surface area contributed by atoms with Crippen LogP contribution in [0.5, 0.6) is 0 Å². The van der Waals surface area contributed by atoms with Crippen LogP contribution in [-0.4, -0.2) is 34.5 Å². The maximum absolute atomic E-state index is 11.2. The molecule has 0 aromatic rings. The Labute approximate surface area is 220 Å². The molecule has 4 nitrogen and oxygen atoms in total. The smallest absolute Gasteiger partial charge is 0.329 e. The van der Waals surface area contributed by atoms with Crippen LogP contribution >= 0.6 is 0 Å². The lowest BCUT2D eigenvalue weighted by atomic mass is 9.43. The van der Waals surface area contributed by atoms with Crippen LogP contribution in [0.15, 0.2) is 22.8 Å². The Balaban J connectivity index is 1.58. The van der Waals surface area contributed by atoms with Crippen LogP contribution in [0.3, 0.4) is 0 Å². The first-order valence-electron chi connectivity index (χ1n) is 14.6. The quantitative estimate of drug-likeness (QED) is 0.335. The third-order valence-electron chi connectivity index (χ3n) is 11.7. The first kappa shape index (κ1) is 27.9. The van der Waals surface area contributed by atoms with Crippen molar-refractivity contribution in [2.45, 2.75) is 131 Å². The van der Waals surface area contributed by atoms with Gasteiger partial charge in [-0.05, 0) is 99.7 Å². The standard InChI is InChI=1S/C32H52O4/c1-21(10-9-16-28(2,3)35)22-13-18-32(8)24-11-12-25-29(4,5)26(36-20-27(33)34)15-17-30(25,6)23(24)14-19-31(22,32)7/h13,21,25-26,35H,9-12,14-20H2,1-8H3,(H,33,34)/t21-,25?,26?,30-,31-,32+/m1/s1. The van der Waals surface area contributed by atoms with Crippen LogP contribution in [0.4, 0.5) is 0 Å². The lowest BCUT2D eigenvalue weighted by molar-refractivity contribution is -0.158. The van der Waals surface area contributed by atoms with E-state index in [4.69, 9.17) is 4.74 Å². The van der Waals surface area contributed by atoms with Gasteiger partial charge in [0.05, 0.1) is 11.7 Å². The van der Waals surface area contributed by atoms with Gasteiger partial charge >= 0.3 is 5.97 Å². The highest BCUT2D eigenvalue weighted by Crippen LogP contribution is 2.71. The van der Waals surface area contributed by atoms with Gasteiger partial charge in [0, 0.05) is 5.41 Å².